The number of hydrogen-bond acceptors (Lipinski definition) is 8. The van der Waals surface area contributed by atoms with Gasteiger partial charge in [0.15, 0.2) is 11.5 Å². The van der Waals surface area contributed by atoms with Gasteiger partial charge in [-0.2, -0.15) is 4.31 Å². The Bertz CT molecular complexity index is 1320. The number of carbonyl (C=O) groups is 2. The lowest BCUT2D eigenvalue weighted by Crippen LogP contribution is -2.58. The van der Waals surface area contributed by atoms with Crippen molar-refractivity contribution in [1.29, 1.82) is 0 Å². The maximum Gasteiger partial charge on any atom is 0.243 e. The highest BCUT2D eigenvalue weighted by Crippen LogP contribution is 2.35. The van der Waals surface area contributed by atoms with Crippen LogP contribution in [0.4, 0.5) is 0 Å². The molecule has 5 unspecified atom stereocenters. The molecule has 1 heterocycles. The summed E-state index contributed by atoms with van der Waals surface area (Å²) >= 11 is 0. The van der Waals surface area contributed by atoms with E-state index in [2.05, 4.69) is 16.0 Å². The largest absolute Gasteiger partial charge is 0.454 e. The number of amides is 2. The Hall–Kier alpha value is -3.19. The van der Waals surface area contributed by atoms with Crippen LogP contribution in [-0.4, -0.2) is 80.8 Å². The van der Waals surface area contributed by atoms with Gasteiger partial charge >= 0.3 is 0 Å². The van der Waals surface area contributed by atoms with Gasteiger partial charge in [-0.15, -0.1) is 0 Å². The molecular formula is C31H46N4O7S. The molecule has 0 radical (unpaired) electrons. The first-order chi connectivity index (χ1) is 20.4. The highest BCUT2D eigenvalue weighted by Gasteiger charge is 2.34. The number of nitrogens with one attached hydrogen (secondary N) is 3. The molecule has 0 saturated carbocycles. The second-order valence-electron chi connectivity index (χ2n) is 11.5. The first kappa shape index (κ1) is 34.3. The summed E-state index contributed by atoms with van der Waals surface area (Å²) in [7, 11) is -2.39. The van der Waals surface area contributed by atoms with Crippen molar-refractivity contribution in [3.63, 3.8) is 0 Å². The van der Waals surface area contributed by atoms with Gasteiger partial charge in [-0.1, -0.05) is 64.4 Å². The van der Waals surface area contributed by atoms with E-state index in [4.69, 9.17) is 9.47 Å². The van der Waals surface area contributed by atoms with Gasteiger partial charge in [0.25, 0.3) is 0 Å². The third-order valence-corrected chi connectivity index (χ3v) is 9.48. The Balaban J connectivity index is 1.90. The van der Waals surface area contributed by atoms with E-state index in [9.17, 15) is 23.1 Å². The van der Waals surface area contributed by atoms with Gasteiger partial charge in [0.2, 0.25) is 28.6 Å². The highest BCUT2D eigenvalue weighted by atomic mass is 32.2. The summed E-state index contributed by atoms with van der Waals surface area (Å²) in [6, 6.07) is 11.6. The van der Waals surface area contributed by atoms with Crippen LogP contribution in [0, 0.1) is 11.8 Å². The van der Waals surface area contributed by atoms with Gasteiger partial charge in [0.1, 0.15) is 6.04 Å². The van der Waals surface area contributed by atoms with Gasteiger partial charge in [0, 0.05) is 19.2 Å². The van der Waals surface area contributed by atoms with Crippen LogP contribution in [0.25, 0.3) is 0 Å². The molecule has 0 aromatic heterocycles. The van der Waals surface area contributed by atoms with E-state index in [0.29, 0.717) is 17.9 Å². The van der Waals surface area contributed by atoms with Crippen molar-refractivity contribution in [3.8, 4) is 11.5 Å². The summed E-state index contributed by atoms with van der Waals surface area (Å²) in [5.41, 5.74) is 0.855. The Morgan fingerprint density at radius 1 is 0.953 bits per heavy atom. The molecule has 238 valence electrons. The second kappa shape index (κ2) is 15.5. The minimum absolute atomic E-state index is 0.0140. The molecule has 0 bridgehead atoms. The maximum atomic E-state index is 13.8. The smallest absolute Gasteiger partial charge is 0.243 e. The lowest BCUT2D eigenvalue weighted by molar-refractivity contribution is -0.131. The summed E-state index contributed by atoms with van der Waals surface area (Å²) in [6.45, 7) is 9.19. The van der Waals surface area contributed by atoms with E-state index in [1.54, 1.807) is 20.0 Å². The minimum Gasteiger partial charge on any atom is -0.454 e. The minimum atomic E-state index is -4.05. The molecule has 0 aliphatic carbocycles. The lowest BCUT2D eigenvalue weighted by Gasteiger charge is -2.32. The molecular weight excluding hydrogens is 572 g/mol. The number of nitrogens with zero attached hydrogens (tertiary/aromatic N) is 1. The van der Waals surface area contributed by atoms with E-state index in [-0.39, 0.29) is 48.9 Å². The molecule has 12 heteroatoms. The monoisotopic (exact) mass is 618 g/mol. The van der Waals surface area contributed by atoms with Gasteiger partial charge in [-0.05, 0) is 49.9 Å². The summed E-state index contributed by atoms with van der Waals surface area (Å²) in [5, 5.41) is 20.2. The molecule has 4 N–H and O–H groups in total. The Kier molecular flexibility index (Phi) is 12.4. The SMILES string of the molecule is CCC(C)C(NC(=O)C(C)NC)C(=O)NC(Cc1ccccc1)C(O)CN(CC(C)C)S(=O)(=O)c1ccc2c(c1)OCO2. The summed E-state index contributed by atoms with van der Waals surface area (Å²) in [6.07, 6.45) is -0.383. The van der Waals surface area contributed by atoms with Crippen LogP contribution in [0.2, 0.25) is 0 Å². The van der Waals surface area contributed by atoms with E-state index < -0.39 is 40.2 Å². The number of likely N-dealkylation sites (N-methyl/N-ethyl adjacent to an activating group) is 1. The number of carbonyl (C=O) groups excluding carboxylic acids is 2. The van der Waals surface area contributed by atoms with Gasteiger partial charge in [-0.25, -0.2) is 8.42 Å². The van der Waals surface area contributed by atoms with Crippen molar-refractivity contribution in [2.75, 3.05) is 26.9 Å². The van der Waals surface area contributed by atoms with Crippen LogP contribution in [-0.2, 0) is 26.0 Å². The molecule has 0 saturated heterocycles. The number of rotatable bonds is 16. The molecule has 1 aliphatic rings. The molecule has 1 aliphatic heterocycles. The van der Waals surface area contributed by atoms with Crippen LogP contribution in [0.5, 0.6) is 11.5 Å². The van der Waals surface area contributed by atoms with E-state index in [0.717, 1.165) is 5.56 Å². The number of sulfonamides is 1. The molecule has 0 spiro atoms. The fraction of sp³-hybridized carbons (Fsp3) is 0.548. The van der Waals surface area contributed by atoms with Crippen LogP contribution in [0.3, 0.4) is 0 Å². The Morgan fingerprint density at radius 2 is 1.63 bits per heavy atom. The molecule has 5 atom stereocenters. The zero-order valence-corrected chi connectivity index (χ0v) is 26.7. The predicted molar refractivity (Wildman–Crippen MR) is 164 cm³/mol. The number of benzene rings is 2. The van der Waals surface area contributed by atoms with Crippen LogP contribution >= 0.6 is 0 Å². The van der Waals surface area contributed by atoms with Crippen molar-refractivity contribution in [2.45, 2.75) is 76.6 Å². The summed E-state index contributed by atoms with van der Waals surface area (Å²) in [4.78, 5) is 26.4. The van der Waals surface area contributed by atoms with Gasteiger partial charge < -0.3 is 30.5 Å². The van der Waals surface area contributed by atoms with E-state index in [1.165, 1.54) is 16.4 Å². The Labute approximate surface area is 255 Å². The van der Waals surface area contributed by atoms with Crippen molar-refractivity contribution in [2.24, 2.45) is 11.8 Å². The van der Waals surface area contributed by atoms with Crippen molar-refractivity contribution in [1.82, 2.24) is 20.3 Å². The van der Waals surface area contributed by atoms with Crippen LogP contribution < -0.4 is 25.4 Å². The third-order valence-electron chi connectivity index (χ3n) is 7.65. The Morgan fingerprint density at radius 3 is 2.26 bits per heavy atom. The zero-order chi connectivity index (χ0) is 31.7. The summed E-state index contributed by atoms with van der Waals surface area (Å²) < 4.78 is 39.6. The molecule has 2 amide bonds. The van der Waals surface area contributed by atoms with Crippen molar-refractivity contribution < 1.29 is 32.6 Å². The number of fused-ring (bicyclic) bond motifs is 1. The molecule has 2 aromatic rings. The quantitative estimate of drug-likeness (QED) is 0.224. The fourth-order valence-corrected chi connectivity index (χ4v) is 6.37. The first-order valence-corrected chi connectivity index (χ1v) is 16.2. The van der Waals surface area contributed by atoms with Crippen LogP contribution in [0.15, 0.2) is 53.4 Å². The average molecular weight is 619 g/mol. The topological polar surface area (TPSA) is 146 Å². The molecule has 2 aromatic carbocycles. The number of aliphatic hydroxyl groups excluding tert-OH is 1. The number of ether oxygens (including phenoxy) is 2. The van der Waals surface area contributed by atoms with E-state index in [1.807, 2.05) is 58.0 Å². The number of hydrogen-bond donors (Lipinski definition) is 4. The molecule has 43 heavy (non-hydrogen) atoms. The molecule has 0 fully saturated rings. The van der Waals surface area contributed by atoms with Gasteiger partial charge in [0.05, 0.1) is 23.1 Å². The van der Waals surface area contributed by atoms with Gasteiger partial charge in [-0.3, -0.25) is 9.59 Å². The maximum absolute atomic E-state index is 13.8. The third kappa shape index (κ3) is 9.15. The zero-order valence-electron chi connectivity index (χ0n) is 25.9. The normalized spacial score (nSPS) is 16.4. The lowest BCUT2D eigenvalue weighted by atomic mass is 9.95. The highest BCUT2D eigenvalue weighted by molar-refractivity contribution is 7.89. The second-order valence-corrected chi connectivity index (χ2v) is 13.4. The van der Waals surface area contributed by atoms with Crippen molar-refractivity contribution >= 4 is 21.8 Å². The molecule has 11 nitrogen and oxygen atoms in total. The summed E-state index contributed by atoms with van der Waals surface area (Å²) in [5.74, 6) is -0.192. The van der Waals surface area contributed by atoms with Crippen molar-refractivity contribution in [3.05, 3.63) is 54.1 Å². The van der Waals surface area contributed by atoms with E-state index >= 15 is 0 Å². The number of aliphatic hydroxyl groups is 1. The van der Waals surface area contributed by atoms with Crippen LogP contribution in [0.1, 0.15) is 46.6 Å². The average Bonchev–Trinajstić information content (AvgIpc) is 3.46. The fourth-order valence-electron chi connectivity index (χ4n) is 4.74. The predicted octanol–water partition coefficient (Wildman–Crippen LogP) is 2.29. The standard InChI is InChI=1S/C31H46N4O7S/c1-7-21(4)29(34-30(37)22(5)32-6)31(38)33-25(15-23-11-9-8-10-12-23)26(36)18-35(17-20(2)3)43(39,40)24-13-14-27-28(16-24)42-19-41-27/h8-14,16,20-22,25-26,29,32,36H,7,15,17-19H2,1-6H3,(H,33,38)(H,34,37). The molecule has 3 rings (SSSR count). The first-order valence-electron chi connectivity index (χ1n) is 14.8.